The summed E-state index contributed by atoms with van der Waals surface area (Å²) in [5, 5.41) is 4.30. The summed E-state index contributed by atoms with van der Waals surface area (Å²) in [6.45, 7) is 4.24. The van der Waals surface area contributed by atoms with Gasteiger partial charge in [-0.25, -0.2) is 9.10 Å². The number of nitrogens with one attached hydrogen (secondary N) is 1. The number of amides is 3. The van der Waals surface area contributed by atoms with Crippen LogP contribution in [0.5, 0.6) is 0 Å². The molecule has 2 rings (SSSR count). The minimum absolute atomic E-state index is 0.257. The maximum Gasteiger partial charge on any atom is 0.318 e. The summed E-state index contributed by atoms with van der Waals surface area (Å²) < 4.78 is 26.0. The normalized spacial score (nSPS) is 18.7. The summed E-state index contributed by atoms with van der Waals surface area (Å²) in [5.41, 5.74) is 13.1. The Morgan fingerprint density at radius 2 is 1.73 bits per heavy atom. The lowest BCUT2D eigenvalue weighted by molar-refractivity contribution is -0.125. The van der Waals surface area contributed by atoms with Gasteiger partial charge >= 0.3 is 6.03 Å². The van der Waals surface area contributed by atoms with Gasteiger partial charge in [-0.3, -0.25) is 14.2 Å². The van der Waals surface area contributed by atoms with Gasteiger partial charge in [0.2, 0.25) is 5.91 Å². The van der Waals surface area contributed by atoms with E-state index in [1.807, 2.05) is 13.8 Å². The first-order valence-electron chi connectivity index (χ1n) is 9.67. The molecule has 0 unspecified atom stereocenters. The van der Waals surface area contributed by atoms with E-state index in [0.29, 0.717) is 18.5 Å². The molecule has 0 atom stereocenters. The van der Waals surface area contributed by atoms with Crippen LogP contribution in [0.25, 0.3) is 6.08 Å². The third-order valence-electron chi connectivity index (χ3n) is 6.00. The average Bonchev–Trinajstić information content (AvgIpc) is 2.65. The van der Waals surface area contributed by atoms with Crippen LogP contribution in [0.15, 0.2) is 17.5 Å². The molecule has 1 aliphatic heterocycles. The SMILES string of the molecule is CNC1(C(N)=O)CCN(S(C)(=O)(O)/C=C/c2c(C)cc(N(C)C(N)=O)cc2C)CC1. The van der Waals surface area contributed by atoms with Gasteiger partial charge in [0.25, 0.3) is 0 Å². The van der Waals surface area contributed by atoms with Gasteiger partial charge in [-0.2, -0.15) is 4.21 Å². The summed E-state index contributed by atoms with van der Waals surface area (Å²) in [4.78, 5) is 24.6. The lowest BCUT2D eigenvalue weighted by atomic mass is 9.88. The Balaban J connectivity index is 2.29. The zero-order valence-corrected chi connectivity index (χ0v) is 19.1. The van der Waals surface area contributed by atoms with Gasteiger partial charge in [0.05, 0.1) is 5.54 Å². The van der Waals surface area contributed by atoms with E-state index in [4.69, 9.17) is 11.5 Å². The predicted molar refractivity (Wildman–Crippen MR) is 121 cm³/mol. The number of rotatable bonds is 6. The van der Waals surface area contributed by atoms with Crippen LogP contribution in [-0.2, 0) is 14.3 Å². The number of hydrogen-bond donors (Lipinski definition) is 4. The van der Waals surface area contributed by atoms with Crippen molar-refractivity contribution in [2.24, 2.45) is 11.5 Å². The van der Waals surface area contributed by atoms with Crippen molar-refractivity contribution in [3.63, 3.8) is 0 Å². The van der Waals surface area contributed by atoms with Gasteiger partial charge in [0.1, 0.15) is 0 Å². The van der Waals surface area contributed by atoms with Crippen LogP contribution in [0.2, 0.25) is 0 Å². The number of piperidine rings is 1. The Morgan fingerprint density at radius 3 is 2.13 bits per heavy atom. The zero-order valence-electron chi connectivity index (χ0n) is 18.3. The van der Waals surface area contributed by atoms with Crippen LogP contribution >= 0.6 is 0 Å². The first kappa shape index (κ1) is 24.0. The first-order valence-corrected chi connectivity index (χ1v) is 12.0. The molecule has 1 aromatic rings. The average molecular weight is 440 g/mol. The maximum atomic E-state index is 13.5. The van der Waals surface area contributed by atoms with Crippen molar-refractivity contribution in [1.82, 2.24) is 9.62 Å². The highest BCUT2D eigenvalue weighted by Crippen LogP contribution is 2.34. The third-order valence-corrected chi connectivity index (χ3v) is 8.38. The second kappa shape index (κ2) is 8.10. The number of primary amides is 2. The number of likely N-dealkylation sites (N-methyl/N-ethyl adjacent to an activating group) is 1. The maximum absolute atomic E-state index is 13.5. The fourth-order valence-corrected chi connectivity index (χ4v) is 5.47. The number of aryl methyl sites for hydroxylation is 2. The van der Waals surface area contributed by atoms with E-state index in [0.717, 1.165) is 16.7 Å². The van der Waals surface area contributed by atoms with Crippen LogP contribution in [0.3, 0.4) is 0 Å². The number of anilines is 1. The minimum Gasteiger partial charge on any atom is -0.368 e. The number of urea groups is 1. The Kier molecular flexibility index (Phi) is 6.48. The van der Waals surface area contributed by atoms with E-state index in [1.165, 1.54) is 20.9 Å². The van der Waals surface area contributed by atoms with Crippen molar-refractivity contribution >= 4 is 33.2 Å². The molecule has 0 aliphatic carbocycles. The zero-order chi connectivity index (χ0) is 22.9. The molecule has 0 radical (unpaired) electrons. The second-order valence-corrected chi connectivity index (χ2v) is 11.5. The van der Waals surface area contributed by atoms with Gasteiger partial charge in [-0.1, -0.05) is 0 Å². The molecule has 1 aromatic carbocycles. The molecule has 168 valence electrons. The Bertz CT molecular complexity index is 922. The summed E-state index contributed by atoms with van der Waals surface area (Å²) in [6, 6.07) is 3.04. The highest BCUT2D eigenvalue weighted by Gasteiger charge is 2.42. The summed E-state index contributed by atoms with van der Waals surface area (Å²) in [6.07, 6.45) is 3.65. The highest BCUT2D eigenvalue weighted by atomic mass is 32.3. The van der Waals surface area contributed by atoms with E-state index >= 15 is 0 Å². The van der Waals surface area contributed by atoms with Gasteiger partial charge in [-0.05, 0) is 68.6 Å². The summed E-state index contributed by atoms with van der Waals surface area (Å²) >= 11 is 0. The van der Waals surface area contributed by atoms with E-state index < -0.39 is 27.0 Å². The van der Waals surface area contributed by atoms with Gasteiger partial charge < -0.3 is 16.8 Å². The number of carbonyl (C=O) groups excluding carboxylic acids is 2. The number of carbonyl (C=O) groups is 2. The van der Waals surface area contributed by atoms with E-state index in [1.54, 1.807) is 32.3 Å². The second-order valence-electron chi connectivity index (χ2n) is 8.12. The topological polar surface area (TPSA) is 142 Å². The standard InChI is InChI=1S/C20H33N5O4S/c1-14-12-16(24(4)19(22)27)13-15(2)17(14)6-11-30(5,28,29)25-9-7-20(23-3,8-10-25)18(21)26/h6,11-13,23H,7-10H2,1-5H3,(H2,21,26)(H2,22,27)(H,28,29)/b11-6+. The van der Waals surface area contributed by atoms with Crippen molar-refractivity contribution in [2.75, 3.05) is 38.3 Å². The highest BCUT2D eigenvalue weighted by molar-refractivity contribution is 8.15. The van der Waals surface area contributed by atoms with Crippen LogP contribution < -0.4 is 21.7 Å². The van der Waals surface area contributed by atoms with Crippen LogP contribution in [0.1, 0.15) is 29.5 Å². The lowest BCUT2D eigenvalue weighted by Gasteiger charge is -2.51. The summed E-state index contributed by atoms with van der Waals surface area (Å²) in [5.74, 6) is -0.454. The Labute approximate surface area is 177 Å². The van der Waals surface area contributed by atoms with Crippen LogP contribution in [0.4, 0.5) is 10.5 Å². The molecular weight excluding hydrogens is 406 g/mol. The number of hydrogen-bond acceptors (Lipinski definition) is 4. The van der Waals surface area contributed by atoms with Crippen molar-refractivity contribution in [2.45, 2.75) is 32.2 Å². The smallest absolute Gasteiger partial charge is 0.318 e. The molecular formula is C20H33N5O4S. The Morgan fingerprint density at radius 1 is 1.23 bits per heavy atom. The van der Waals surface area contributed by atoms with Crippen molar-refractivity contribution in [1.29, 1.82) is 0 Å². The summed E-state index contributed by atoms with van der Waals surface area (Å²) in [7, 11) is -1.00. The minimum atomic E-state index is -4.26. The molecule has 10 heteroatoms. The number of benzene rings is 1. The van der Waals surface area contributed by atoms with E-state index in [-0.39, 0.29) is 13.1 Å². The third kappa shape index (κ3) is 4.72. The molecule has 1 fully saturated rings. The Hall–Kier alpha value is -2.27. The quantitative estimate of drug-likeness (QED) is 0.526. The number of nitrogens with zero attached hydrogens (tertiary/aromatic N) is 2. The van der Waals surface area contributed by atoms with E-state index in [2.05, 4.69) is 5.32 Å². The van der Waals surface area contributed by atoms with Gasteiger partial charge in [0, 0.05) is 37.5 Å². The molecule has 3 amide bonds. The molecule has 0 aromatic heterocycles. The molecule has 1 aliphatic rings. The molecule has 6 N–H and O–H groups in total. The van der Waals surface area contributed by atoms with Gasteiger partial charge in [-0.15, -0.1) is 9.53 Å². The fourth-order valence-electron chi connectivity index (χ4n) is 3.78. The van der Waals surface area contributed by atoms with Crippen LogP contribution in [-0.4, -0.2) is 64.0 Å². The van der Waals surface area contributed by atoms with Crippen molar-refractivity contribution in [3.8, 4) is 0 Å². The molecule has 1 saturated heterocycles. The van der Waals surface area contributed by atoms with Crippen molar-refractivity contribution < 1.29 is 18.4 Å². The molecule has 1 heterocycles. The molecule has 0 spiro atoms. The first-order chi connectivity index (χ1) is 13.7. The molecule has 0 bridgehead atoms. The van der Waals surface area contributed by atoms with Crippen molar-refractivity contribution in [3.05, 3.63) is 34.2 Å². The molecule has 0 saturated carbocycles. The van der Waals surface area contributed by atoms with Crippen LogP contribution in [0, 0.1) is 13.8 Å². The largest absolute Gasteiger partial charge is 0.368 e. The van der Waals surface area contributed by atoms with Gasteiger partial charge in [0.15, 0.2) is 0 Å². The molecule has 30 heavy (non-hydrogen) atoms. The molecule has 9 nitrogen and oxygen atoms in total. The fraction of sp³-hybridized carbons (Fsp3) is 0.500. The monoisotopic (exact) mass is 439 g/mol. The predicted octanol–water partition coefficient (Wildman–Crippen LogP) is 1.17. The number of nitrogens with two attached hydrogens (primary N) is 2. The lowest BCUT2D eigenvalue weighted by Crippen LogP contribution is -2.62. The van der Waals surface area contributed by atoms with E-state index in [9.17, 15) is 18.4 Å².